The number of ether oxygens (including phenoxy) is 1. The van der Waals surface area contributed by atoms with Crippen LogP contribution in [0.25, 0.3) is 0 Å². The number of aromatic nitrogens is 1. The lowest BCUT2D eigenvalue weighted by molar-refractivity contribution is -0.120. The molecule has 37 heavy (non-hydrogen) atoms. The smallest absolute Gasteiger partial charge is 0.261 e. The molecule has 0 radical (unpaired) electrons. The number of anilines is 1. The van der Waals surface area contributed by atoms with Gasteiger partial charge < -0.3 is 9.64 Å². The molecule has 0 atom stereocenters. The van der Waals surface area contributed by atoms with E-state index in [4.69, 9.17) is 4.74 Å². The zero-order valence-electron chi connectivity index (χ0n) is 21.6. The van der Waals surface area contributed by atoms with Gasteiger partial charge in [0.2, 0.25) is 5.91 Å². The lowest BCUT2D eigenvalue weighted by Crippen LogP contribution is -2.47. The Morgan fingerprint density at radius 3 is 2.41 bits per heavy atom. The van der Waals surface area contributed by atoms with Crippen molar-refractivity contribution in [3.8, 4) is 5.75 Å². The van der Waals surface area contributed by atoms with Gasteiger partial charge in [-0.1, -0.05) is 55.8 Å². The Hall–Kier alpha value is -3.71. The Bertz CT molecular complexity index is 1140. The van der Waals surface area contributed by atoms with Gasteiger partial charge in [0.05, 0.1) is 12.2 Å². The van der Waals surface area contributed by atoms with Gasteiger partial charge in [-0.05, 0) is 48.2 Å². The molecule has 1 aliphatic heterocycles. The number of carbonyl (C=O) groups excluding carboxylic acids is 2. The third-order valence-electron chi connectivity index (χ3n) is 6.54. The lowest BCUT2D eigenvalue weighted by Gasteiger charge is -2.36. The fourth-order valence-electron chi connectivity index (χ4n) is 4.39. The van der Waals surface area contributed by atoms with Crippen molar-refractivity contribution in [3.05, 3.63) is 89.6 Å². The van der Waals surface area contributed by atoms with Crippen molar-refractivity contribution in [2.24, 2.45) is 0 Å². The van der Waals surface area contributed by atoms with E-state index in [1.54, 1.807) is 18.3 Å². The molecule has 0 unspecified atom stereocenters. The van der Waals surface area contributed by atoms with Gasteiger partial charge in [-0.15, -0.1) is 0 Å². The molecule has 194 valence electrons. The van der Waals surface area contributed by atoms with Crippen LogP contribution in [0.4, 0.5) is 5.82 Å². The fraction of sp³-hybridized carbons (Fsp3) is 0.367. The first kappa shape index (κ1) is 26.4. The van der Waals surface area contributed by atoms with E-state index in [9.17, 15) is 9.59 Å². The van der Waals surface area contributed by atoms with Gasteiger partial charge >= 0.3 is 0 Å². The lowest BCUT2D eigenvalue weighted by atomic mass is 10.1. The Kier molecular flexibility index (Phi) is 9.66. The van der Waals surface area contributed by atoms with Crippen molar-refractivity contribution >= 4 is 17.6 Å². The second kappa shape index (κ2) is 13.6. The minimum Gasteiger partial charge on any atom is -0.494 e. The van der Waals surface area contributed by atoms with Crippen LogP contribution in [0.5, 0.6) is 5.75 Å². The maximum absolute atomic E-state index is 12.9. The van der Waals surface area contributed by atoms with E-state index in [2.05, 4.69) is 39.2 Å². The molecule has 4 rings (SSSR count). The van der Waals surface area contributed by atoms with Gasteiger partial charge in [0.1, 0.15) is 11.6 Å². The standard InChI is InChI=1S/C30H36N4O3/c1-2-3-22-37-26-14-11-25(12-15-26)23-33-18-20-34(21-19-33)29-27(10-7-17-31-29)30(36)32-28(35)16-13-24-8-5-4-6-9-24/h4-12,14-15,17H,2-3,13,16,18-23H2,1H3,(H,32,35,36). The predicted octanol–water partition coefficient (Wildman–Crippen LogP) is 4.47. The largest absolute Gasteiger partial charge is 0.494 e. The second-order valence-electron chi connectivity index (χ2n) is 9.35. The number of aryl methyl sites for hydroxylation is 1. The van der Waals surface area contributed by atoms with E-state index in [0.29, 0.717) is 17.8 Å². The minimum absolute atomic E-state index is 0.260. The quantitative estimate of drug-likeness (QED) is 0.392. The maximum atomic E-state index is 12.9. The van der Waals surface area contributed by atoms with Crippen LogP contribution in [0.1, 0.15) is 47.7 Å². The second-order valence-corrected chi connectivity index (χ2v) is 9.35. The number of hydrogen-bond donors (Lipinski definition) is 1. The van der Waals surface area contributed by atoms with E-state index in [0.717, 1.165) is 63.5 Å². The number of imide groups is 1. The predicted molar refractivity (Wildman–Crippen MR) is 146 cm³/mol. The van der Waals surface area contributed by atoms with E-state index in [-0.39, 0.29) is 12.3 Å². The molecule has 2 amide bonds. The molecule has 0 bridgehead atoms. The summed E-state index contributed by atoms with van der Waals surface area (Å²) in [5, 5.41) is 2.54. The molecule has 1 N–H and O–H groups in total. The fourth-order valence-corrected chi connectivity index (χ4v) is 4.39. The summed E-state index contributed by atoms with van der Waals surface area (Å²) >= 11 is 0. The Balaban J connectivity index is 1.27. The number of nitrogens with one attached hydrogen (secondary N) is 1. The number of piperazine rings is 1. The normalized spacial score (nSPS) is 13.8. The summed E-state index contributed by atoms with van der Waals surface area (Å²) in [5.74, 6) is 0.866. The summed E-state index contributed by atoms with van der Waals surface area (Å²) in [7, 11) is 0. The summed E-state index contributed by atoms with van der Waals surface area (Å²) in [4.78, 5) is 34.4. The number of benzene rings is 2. The van der Waals surface area contributed by atoms with Gasteiger partial charge in [0, 0.05) is 45.3 Å². The maximum Gasteiger partial charge on any atom is 0.261 e. The highest BCUT2D eigenvalue weighted by atomic mass is 16.5. The van der Waals surface area contributed by atoms with Gasteiger partial charge in [0.15, 0.2) is 0 Å². The summed E-state index contributed by atoms with van der Waals surface area (Å²) in [5.41, 5.74) is 2.76. The molecule has 0 saturated carbocycles. The van der Waals surface area contributed by atoms with Crippen LogP contribution in [0.3, 0.4) is 0 Å². The molecular weight excluding hydrogens is 464 g/mol. The average Bonchev–Trinajstić information content (AvgIpc) is 2.94. The number of amides is 2. The minimum atomic E-state index is -0.398. The zero-order valence-corrected chi connectivity index (χ0v) is 21.6. The van der Waals surface area contributed by atoms with E-state index < -0.39 is 5.91 Å². The first-order valence-electron chi connectivity index (χ1n) is 13.1. The van der Waals surface area contributed by atoms with Crippen LogP contribution >= 0.6 is 0 Å². The number of nitrogens with zero attached hydrogens (tertiary/aromatic N) is 3. The summed E-state index contributed by atoms with van der Waals surface area (Å²) in [6.45, 7) is 7.03. The summed E-state index contributed by atoms with van der Waals surface area (Å²) in [6, 6.07) is 21.6. The Morgan fingerprint density at radius 2 is 1.68 bits per heavy atom. The number of rotatable bonds is 11. The van der Waals surface area contributed by atoms with E-state index in [1.807, 2.05) is 42.5 Å². The molecule has 2 aromatic carbocycles. The summed E-state index contributed by atoms with van der Waals surface area (Å²) < 4.78 is 5.76. The first-order valence-corrected chi connectivity index (χ1v) is 13.1. The van der Waals surface area contributed by atoms with Gasteiger partial charge in [-0.2, -0.15) is 0 Å². The van der Waals surface area contributed by atoms with Crippen molar-refractivity contribution < 1.29 is 14.3 Å². The molecule has 7 nitrogen and oxygen atoms in total. The van der Waals surface area contributed by atoms with Crippen LogP contribution in [0.15, 0.2) is 72.9 Å². The van der Waals surface area contributed by atoms with Crippen LogP contribution in [-0.2, 0) is 17.8 Å². The summed E-state index contributed by atoms with van der Waals surface area (Å²) in [6.07, 6.45) is 4.74. The molecule has 7 heteroatoms. The van der Waals surface area contributed by atoms with E-state index >= 15 is 0 Å². The molecule has 2 heterocycles. The number of unbranched alkanes of at least 4 members (excludes halogenated alkanes) is 1. The molecule has 1 saturated heterocycles. The van der Waals surface area contributed by atoms with Gasteiger partial charge in [-0.3, -0.25) is 19.8 Å². The molecule has 3 aromatic rings. The van der Waals surface area contributed by atoms with Crippen LogP contribution in [-0.4, -0.2) is 54.5 Å². The molecule has 1 aliphatic rings. The van der Waals surface area contributed by atoms with Crippen molar-refractivity contribution in [2.75, 3.05) is 37.7 Å². The van der Waals surface area contributed by atoms with Crippen molar-refractivity contribution in [1.82, 2.24) is 15.2 Å². The zero-order chi connectivity index (χ0) is 25.9. The molecule has 1 aromatic heterocycles. The van der Waals surface area contributed by atoms with Crippen molar-refractivity contribution in [1.29, 1.82) is 0 Å². The highest BCUT2D eigenvalue weighted by Crippen LogP contribution is 2.21. The average molecular weight is 501 g/mol. The Labute approximate surface area is 219 Å². The number of pyridine rings is 1. The molecule has 0 aliphatic carbocycles. The topological polar surface area (TPSA) is 74.8 Å². The molecular formula is C30H36N4O3. The van der Waals surface area contributed by atoms with Crippen LogP contribution < -0.4 is 15.0 Å². The van der Waals surface area contributed by atoms with Gasteiger partial charge in [0.25, 0.3) is 5.91 Å². The van der Waals surface area contributed by atoms with Crippen molar-refractivity contribution in [2.45, 2.75) is 39.2 Å². The van der Waals surface area contributed by atoms with E-state index in [1.165, 1.54) is 5.56 Å². The third-order valence-corrected chi connectivity index (χ3v) is 6.54. The van der Waals surface area contributed by atoms with Crippen LogP contribution in [0, 0.1) is 0 Å². The highest BCUT2D eigenvalue weighted by Gasteiger charge is 2.23. The number of carbonyl (C=O) groups is 2. The highest BCUT2D eigenvalue weighted by molar-refractivity contribution is 6.07. The van der Waals surface area contributed by atoms with Gasteiger partial charge in [-0.25, -0.2) is 4.98 Å². The van der Waals surface area contributed by atoms with Crippen molar-refractivity contribution in [3.63, 3.8) is 0 Å². The number of hydrogen-bond acceptors (Lipinski definition) is 6. The Morgan fingerprint density at radius 1 is 0.919 bits per heavy atom. The SMILES string of the molecule is CCCCOc1ccc(CN2CCN(c3ncccc3C(=O)NC(=O)CCc3ccccc3)CC2)cc1. The molecule has 1 fully saturated rings. The van der Waals surface area contributed by atoms with Crippen LogP contribution in [0.2, 0.25) is 0 Å². The first-order chi connectivity index (χ1) is 18.1. The molecule has 0 spiro atoms. The monoisotopic (exact) mass is 500 g/mol. The third kappa shape index (κ3) is 7.89.